The average molecular weight is 403 g/mol. The number of rotatable bonds is 20. The molecule has 0 fully saturated rings. The number of benzene rings is 1. The Kier molecular flexibility index (Phi) is 17.1. The maximum absolute atomic E-state index is 10.2. The number of hydrogen-bond acceptors (Lipinski definition) is 1. The molecule has 0 bridgehead atoms. The molecule has 29 heavy (non-hydrogen) atoms. The van der Waals surface area contributed by atoms with Crippen molar-refractivity contribution < 1.29 is 5.11 Å². The van der Waals surface area contributed by atoms with Gasteiger partial charge in [0.1, 0.15) is 5.75 Å². The largest absolute Gasteiger partial charge is 0.508 e. The van der Waals surface area contributed by atoms with Gasteiger partial charge in [0, 0.05) is 0 Å². The van der Waals surface area contributed by atoms with Gasteiger partial charge in [-0.2, -0.15) is 0 Å². The van der Waals surface area contributed by atoms with Crippen molar-refractivity contribution in [2.75, 3.05) is 0 Å². The number of aryl methyl sites for hydroxylation is 2. The van der Waals surface area contributed by atoms with Crippen molar-refractivity contribution >= 4 is 0 Å². The lowest BCUT2D eigenvalue weighted by atomic mass is 9.99. The van der Waals surface area contributed by atoms with Crippen LogP contribution in [-0.4, -0.2) is 5.11 Å². The second-order valence-electron chi connectivity index (χ2n) is 9.12. The standard InChI is InChI=1S/C28H50O/c1-3-5-7-9-11-13-14-15-17-19-21-26-23-24-28(29)27(25-26)22-20-18-16-12-10-8-6-4-2/h23-25,29H,3-22H2,1-2H3. The van der Waals surface area contributed by atoms with Gasteiger partial charge in [0.2, 0.25) is 0 Å². The Morgan fingerprint density at radius 1 is 0.517 bits per heavy atom. The van der Waals surface area contributed by atoms with Crippen LogP contribution in [-0.2, 0) is 12.8 Å². The highest BCUT2D eigenvalue weighted by Gasteiger charge is 2.04. The molecule has 0 aliphatic heterocycles. The molecule has 0 aromatic heterocycles. The summed E-state index contributed by atoms with van der Waals surface area (Å²) in [6, 6.07) is 6.32. The van der Waals surface area contributed by atoms with E-state index in [-0.39, 0.29) is 0 Å². The fourth-order valence-corrected chi connectivity index (χ4v) is 4.26. The predicted octanol–water partition coefficient (Wildman–Crippen LogP) is 9.54. The molecular formula is C28H50O. The third-order valence-electron chi connectivity index (χ3n) is 6.26. The molecule has 0 aliphatic rings. The number of phenols is 1. The van der Waals surface area contributed by atoms with E-state index in [0.29, 0.717) is 5.75 Å². The molecule has 0 unspecified atom stereocenters. The Bertz CT molecular complexity index is 479. The van der Waals surface area contributed by atoms with Gasteiger partial charge in [0.05, 0.1) is 0 Å². The molecule has 0 heterocycles. The molecule has 0 radical (unpaired) electrons. The predicted molar refractivity (Wildman–Crippen MR) is 130 cm³/mol. The third kappa shape index (κ3) is 14.6. The van der Waals surface area contributed by atoms with Crippen LogP contribution in [0.1, 0.15) is 141 Å². The number of phenolic OH excluding ortho intramolecular Hbond substituents is 1. The van der Waals surface area contributed by atoms with Gasteiger partial charge in [0.15, 0.2) is 0 Å². The Hall–Kier alpha value is -0.980. The molecule has 0 spiro atoms. The summed E-state index contributed by atoms with van der Waals surface area (Å²) in [6.07, 6.45) is 26.9. The lowest BCUT2D eigenvalue weighted by Gasteiger charge is -2.08. The van der Waals surface area contributed by atoms with E-state index in [4.69, 9.17) is 0 Å². The number of aromatic hydroxyl groups is 1. The molecule has 1 heteroatoms. The van der Waals surface area contributed by atoms with E-state index in [1.165, 1.54) is 133 Å². The summed E-state index contributed by atoms with van der Waals surface area (Å²) in [5, 5.41) is 10.2. The molecule has 1 N–H and O–H groups in total. The van der Waals surface area contributed by atoms with Gasteiger partial charge in [-0.3, -0.25) is 0 Å². The van der Waals surface area contributed by atoms with Crippen LogP contribution < -0.4 is 0 Å². The van der Waals surface area contributed by atoms with Crippen LogP contribution in [0, 0.1) is 0 Å². The molecule has 0 amide bonds. The highest BCUT2D eigenvalue weighted by atomic mass is 16.3. The fraction of sp³-hybridized carbons (Fsp3) is 0.786. The van der Waals surface area contributed by atoms with Gasteiger partial charge in [-0.15, -0.1) is 0 Å². The molecule has 1 aromatic rings. The Morgan fingerprint density at radius 2 is 0.931 bits per heavy atom. The first-order valence-corrected chi connectivity index (χ1v) is 13.1. The van der Waals surface area contributed by atoms with Crippen LogP contribution in [0.25, 0.3) is 0 Å². The van der Waals surface area contributed by atoms with Crippen LogP contribution in [0.4, 0.5) is 0 Å². The van der Waals surface area contributed by atoms with Gasteiger partial charge < -0.3 is 5.11 Å². The first kappa shape index (κ1) is 26.1. The van der Waals surface area contributed by atoms with E-state index in [1.807, 2.05) is 6.07 Å². The summed E-state index contributed by atoms with van der Waals surface area (Å²) < 4.78 is 0. The fourth-order valence-electron chi connectivity index (χ4n) is 4.26. The minimum absolute atomic E-state index is 0.500. The first-order chi connectivity index (χ1) is 14.3. The maximum atomic E-state index is 10.2. The molecule has 168 valence electrons. The lowest BCUT2D eigenvalue weighted by molar-refractivity contribution is 0.465. The van der Waals surface area contributed by atoms with Crippen LogP contribution in [0.2, 0.25) is 0 Å². The number of unbranched alkanes of at least 4 members (excludes halogenated alkanes) is 16. The zero-order valence-electron chi connectivity index (χ0n) is 19.8. The Balaban J connectivity index is 2.09. The maximum Gasteiger partial charge on any atom is 0.118 e. The van der Waals surface area contributed by atoms with Gasteiger partial charge in [0.25, 0.3) is 0 Å². The summed E-state index contributed by atoms with van der Waals surface area (Å²) in [4.78, 5) is 0. The molecule has 0 saturated carbocycles. The van der Waals surface area contributed by atoms with Gasteiger partial charge in [-0.25, -0.2) is 0 Å². The summed E-state index contributed by atoms with van der Waals surface area (Å²) in [7, 11) is 0. The summed E-state index contributed by atoms with van der Waals surface area (Å²) in [6.45, 7) is 4.56. The molecule has 0 atom stereocenters. The van der Waals surface area contributed by atoms with Crippen LogP contribution in [0.3, 0.4) is 0 Å². The summed E-state index contributed by atoms with van der Waals surface area (Å²) in [5.74, 6) is 0.500. The van der Waals surface area contributed by atoms with E-state index >= 15 is 0 Å². The molecule has 1 aromatic carbocycles. The molecular weight excluding hydrogens is 352 g/mol. The minimum Gasteiger partial charge on any atom is -0.508 e. The van der Waals surface area contributed by atoms with Crippen LogP contribution in [0.5, 0.6) is 5.75 Å². The molecule has 0 aliphatic carbocycles. The number of hydrogen-bond donors (Lipinski definition) is 1. The van der Waals surface area contributed by atoms with Crippen molar-refractivity contribution in [3.63, 3.8) is 0 Å². The topological polar surface area (TPSA) is 20.2 Å². The zero-order valence-corrected chi connectivity index (χ0v) is 19.8. The monoisotopic (exact) mass is 402 g/mol. The Labute approximate surface area is 182 Å². The normalized spacial score (nSPS) is 11.2. The lowest BCUT2D eigenvalue weighted by Crippen LogP contribution is -1.92. The first-order valence-electron chi connectivity index (χ1n) is 13.1. The summed E-state index contributed by atoms with van der Waals surface area (Å²) in [5.41, 5.74) is 2.58. The van der Waals surface area contributed by atoms with Crippen molar-refractivity contribution in [3.8, 4) is 5.75 Å². The zero-order chi connectivity index (χ0) is 21.0. The van der Waals surface area contributed by atoms with Crippen molar-refractivity contribution in [1.82, 2.24) is 0 Å². The van der Waals surface area contributed by atoms with Crippen molar-refractivity contribution in [2.24, 2.45) is 0 Å². The van der Waals surface area contributed by atoms with E-state index in [0.717, 1.165) is 6.42 Å². The van der Waals surface area contributed by atoms with Gasteiger partial charge >= 0.3 is 0 Å². The van der Waals surface area contributed by atoms with E-state index in [2.05, 4.69) is 26.0 Å². The van der Waals surface area contributed by atoms with E-state index < -0.39 is 0 Å². The van der Waals surface area contributed by atoms with Gasteiger partial charge in [-0.05, 0) is 42.9 Å². The second-order valence-corrected chi connectivity index (χ2v) is 9.12. The van der Waals surface area contributed by atoms with Crippen molar-refractivity contribution in [3.05, 3.63) is 29.3 Å². The third-order valence-corrected chi connectivity index (χ3v) is 6.26. The van der Waals surface area contributed by atoms with Crippen molar-refractivity contribution in [2.45, 2.75) is 142 Å². The summed E-state index contributed by atoms with van der Waals surface area (Å²) >= 11 is 0. The minimum atomic E-state index is 0.500. The average Bonchev–Trinajstić information content (AvgIpc) is 2.73. The van der Waals surface area contributed by atoms with Crippen LogP contribution in [0.15, 0.2) is 18.2 Å². The smallest absolute Gasteiger partial charge is 0.118 e. The van der Waals surface area contributed by atoms with Gasteiger partial charge in [-0.1, -0.05) is 129 Å². The second kappa shape index (κ2) is 19.0. The highest BCUT2D eigenvalue weighted by Crippen LogP contribution is 2.23. The SMILES string of the molecule is CCCCCCCCCCCCc1ccc(O)c(CCCCCCCCCC)c1. The molecule has 1 rings (SSSR count). The van der Waals surface area contributed by atoms with E-state index in [1.54, 1.807) is 0 Å². The van der Waals surface area contributed by atoms with Crippen molar-refractivity contribution in [1.29, 1.82) is 0 Å². The van der Waals surface area contributed by atoms with Crippen LogP contribution >= 0.6 is 0 Å². The van der Waals surface area contributed by atoms with E-state index in [9.17, 15) is 5.11 Å². The molecule has 1 nitrogen and oxygen atoms in total. The quantitative estimate of drug-likeness (QED) is 0.215. The Morgan fingerprint density at radius 3 is 1.41 bits per heavy atom. The molecule has 0 saturated heterocycles. The highest BCUT2D eigenvalue weighted by molar-refractivity contribution is 5.36.